The summed E-state index contributed by atoms with van der Waals surface area (Å²) >= 11 is 0. The van der Waals surface area contributed by atoms with E-state index in [-0.39, 0.29) is 17.2 Å². The molecule has 7 heteroatoms. The van der Waals surface area contributed by atoms with Crippen LogP contribution in [0.1, 0.15) is 45.4 Å². The Morgan fingerprint density at radius 1 is 1.00 bits per heavy atom. The fourth-order valence-electron chi connectivity index (χ4n) is 2.67. The van der Waals surface area contributed by atoms with E-state index in [9.17, 15) is 14.4 Å². The standard InChI is InChI=1S/C22H20N2O5/c1-3-18(21(26)23-19-13-14(2)29-24-19)28-22(27)17-11-9-16(10-12-17)20(25)15-7-5-4-6-8-15/h4-13,18H,3H2,1-2H3,(H,23,24,26). The van der Waals surface area contributed by atoms with Crippen LogP contribution in [0.3, 0.4) is 0 Å². The van der Waals surface area contributed by atoms with Crippen molar-refractivity contribution >= 4 is 23.5 Å². The molecule has 0 bridgehead atoms. The molecule has 1 amide bonds. The summed E-state index contributed by atoms with van der Waals surface area (Å²) in [6.07, 6.45) is -0.691. The zero-order chi connectivity index (χ0) is 20.8. The molecule has 1 atom stereocenters. The Kier molecular flexibility index (Phi) is 6.19. The predicted molar refractivity (Wildman–Crippen MR) is 106 cm³/mol. The molecule has 3 rings (SSSR count). The minimum Gasteiger partial charge on any atom is -0.449 e. The van der Waals surface area contributed by atoms with Crippen LogP contribution in [-0.2, 0) is 9.53 Å². The highest BCUT2D eigenvalue weighted by molar-refractivity contribution is 6.09. The Morgan fingerprint density at radius 3 is 2.21 bits per heavy atom. The first kappa shape index (κ1) is 20.0. The lowest BCUT2D eigenvalue weighted by Gasteiger charge is -2.15. The Morgan fingerprint density at radius 2 is 1.62 bits per heavy atom. The Balaban J connectivity index is 1.64. The van der Waals surface area contributed by atoms with Gasteiger partial charge in [-0.1, -0.05) is 54.5 Å². The maximum atomic E-state index is 12.4. The van der Waals surface area contributed by atoms with E-state index in [1.54, 1.807) is 56.3 Å². The van der Waals surface area contributed by atoms with Crippen molar-refractivity contribution in [3.63, 3.8) is 0 Å². The number of aromatic nitrogens is 1. The Hall–Kier alpha value is -3.74. The fourth-order valence-corrected chi connectivity index (χ4v) is 2.67. The van der Waals surface area contributed by atoms with Gasteiger partial charge in [-0.2, -0.15) is 0 Å². The normalized spacial score (nSPS) is 11.5. The van der Waals surface area contributed by atoms with E-state index in [1.807, 2.05) is 6.07 Å². The number of carbonyl (C=O) groups is 3. The van der Waals surface area contributed by atoms with Crippen molar-refractivity contribution in [3.05, 3.63) is 83.1 Å². The van der Waals surface area contributed by atoms with Crippen molar-refractivity contribution in [2.24, 2.45) is 0 Å². The molecular weight excluding hydrogens is 372 g/mol. The molecule has 0 saturated heterocycles. The number of anilines is 1. The second-order valence-electron chi connectivity index (χ2n) is 6.39. The third kappa shape index (κ3) is 4.95. The molecule has 1 N–H and O–H groups in total. The number of aryl methyl sites for hydroxylation is 1. The quantitative estimate of drug-likeness (QED) is 0.485. The predicted octanol–water partition coefficient (Wildman–Crippen LogP) is 3.79. The van der Waals surface area contributed by atoms with E-state index in [0.717, 1.165) is 0 Å². The summed E-state index contributed by atoms with van der Waals surface area (Å²) in [5, 5.41) is 6.23. The molecule has 0 spiro atoms. The van der Waals surface area contributed by atoms with Crippen molar-refractivity contribution < 1.29 is 23.6 Å². The number of hydrogen-bond donors (Lipinski definition) is 1. The van der Waals surface area contributed by atoms with Gasteiger partial charge >= 0.3 is 5.97 Å². The van der Waals surface area contributed by atoms with Crippen molar-refractivity contribution in [1.29, 1.82) is 0 Å². The van der Waals surface area contributed by atoms with Gasteiger partial charge in [0.2, 0.25) is 0 Å². The van der Waals surface area contributed by atoms with E-state index in [1.165, 1.54) is 12.1 Å². The summed E-state index contributed by atoms with van der Waals surface area (Å²) in [7, 11) is 0. The van der Waals surface area contributed by atoms with E-state index in [4.69, 9.17) is 9.26 Å². The minimum absolute atomic E-state index is 0.140. The third-order valence-electron chi connectivity index (χ3n) is 4.21. The van der Waals surface area contributed by atoms with Gasteiger partial charge in [0.05, 0.1) is 5.56 Å². The van der Waals surface area contributed by atoms with Gasteiger partial charge in [-0.15, -0.1) is 0 Å². The first-order chi connectivity index (χ1) is 14.0. The molecule has 0 fully saturated rings. The SMILES string of the molecule is CCC(OC(=O)c1ccc(C(=O)c2ccccc2)cc1)C(=O)Nc1cc(C)on1. The molecule has 29 heavy (non-hydrogen) atoms. The topological polar surface area (TPSA) is 98.5 Å². The number of amides is 1. The number of ether oxygens (including phenoxy) is 1. The van der Waals surface area contributed by atoms with E-state index < -0.39 is 18.0 Å². The van der Waals surface area contributed by atoms with E-state index in [0.29, 0.717) is 23.3 Å². The molecule has 0 aliphatic rings. The molecule has 0 radical (unpaired) electrons. The first-order valence-corrected chi connectivity index (χ1v) is 9.13. The second kappa shape index (κ2) is 8.97. The summed E-state index contributed by atoms with van der Waals surface area (Å²) in [5.41, 5.74) is 1.27. The summed E-state index contributed by atoms with van der Waals surface area (Å²) in [6.45, 7) is 3.43. The average molecular weight is 392 g/mol. The molecule has 148 valence electrons. The molecule has 1 heterocycles. The number of rotatable bonds is 7. The van der Waals surface area contributed by atoms with Gasteiger partial charge in [-0.05, 0) is 25.5 Å². The van der Waals surface area contributed by atoms with E-state index >= 15 is 0 Å². The first-order valence-electron chi connectivity index (χ1n) is 9.13. The number of hydrogen-bond acceptors (Lipinski definition) is 6. The zero-order valence-corrected chi connectivity index (χ0v) is 16.0. The number of nitrogens with zero attached hydrogens (tertiary/aromatic N) is 1. The number of ketones is 1. The number of nitrogens with one attached hydrogen (secondary N) is 1. The van der Waals surface area contributed by atoms with Crippen molar-refractivity contribution in [1.82, 2.24) is 5.16 Å². The van der Waals surface area contributed by atoms with Crippen LogP contribution >= 0.6 is 0 Å². The van der Waals surface area contributed by atoms with Crippen LogP contribution in [0.2, 0.25) is 0 Å². The van der Waals surface area contributed by atoms with Crippen LogP contribution in [0.15, 0.2) is 65.2 Å². The molecule has 0 aliphatic heterocycles. The molecule has 7 nitrogen and oxygen atoms in total. The lowest BCUT2D eigenvalue weighted by molar-refractivity contribution is -0.124. The van der Waals surface area contributed by atoms with Crippen LogP contribution in [-0.4, -0.2) is 28.9 Å². The summed E-state index contributed by atoms with van der Waals surface area (Å²) < 4.78 is 10.2. The summed E-state index contributed by atoms with van der Waals surface area (Å²) in [5.74, 6) is -0.479. The molecule has 1 unspecified atom stereocenters. The van der Waals surface area contributed by atoms with Crippen LogP contribution in [0.4, 0.5) is 5.82 Å². The second-order valence-corrected chi connectivity index (χ2v) is 6.39. The lowest BCUT2D eigenvalue weighted by Crippen LogP contribution is -2.32. The zero-order valence-electron chi connectivity index (χ0n) is 16.0. The highest BCUT2D eigenvalue weighted by Crippen LogP contribution is 2.14. The smallest absolute Gasteiger partial charge is 0.338 e. The average Bonchev–Trinajstić information content (AvgIpc) is 3.16. The van der Waals surface area contributed by atoms with Gasteiger partial charge in [0, 0.05) is 17.2 Å². The van der Waals surface area contributed by atoms with Crippen LogP contribution in [0, 0.1) is 6.92 Å². The highest BCUT2D eigenvalue weighted by atomic mass is 16.5. The van der Waals surface area contributed by atoms with Gasteiger partial charge in [-0.3, -0.25) is 9.59 Å². The van der Waals surface area contributed by atoms with Crippen LogP contribution in [0.25, 0.3) is 0 Å². The van der Waals surface area contributed by atoms with Gasteiger partial charge in [-0.25, -0.2) is 4.79 Å². The Labute approximate surface area is 167 Å². The number of esters is 1. The van der Waals surface area contributed by atoms with Gasteiger partial charge in [0.15, 0.2) is 17.7 Å². The van der Waals surface area contributed by atoms with E-state index in [2.05, 4.69) is 10.5 Å². The maximum absolute atomic E-state index is 12.4. The lowest BCUT2D eigenvalue weighted by atomic mass is 10.0. The highest BCUT2D eigenvalue weighted by Gasteiger charge is 2.23. The molecular formula is C22H20N2O5. The van der Waals surface area contributed by atoms with Gasteiger partial charge in [0.1, 0.15) is 5.76 Å². The fraction of sp³-hybridized carbons (Fsp3) is 0.182. The molecule has 2 aromatic carbocycles. The molecule has 0 saturated carbocycles. The van der Waals surface area contributed by atoms with Crippen molar-refractivity contribution in [3.8, 4) is 0 Å². The number of benzene rings is 2. The van der Waals surface area contributed by atoms with Crippen molar-refractivity contribution in [2.45, 2.75) is 26.4 Å². The third-order valence-corrected chi connectivity index (χ3v) is 4.21. The van der Waals surface area contributed by atoms with Gasteiger partial charge < -0.3 is 14.6 Å². The molecule has 3 aromatic rings. The summed E-state index contributed by atoms with van der Waals surface area (Å²) in [6, 6.07) is 16.6. The number of carbonyl (C=O) groups excluding carboxylic acids is 3. The Bertz CT molecular complexity index is 1010. The van der Waals surface area contributed by atoms with Gasteiger partial charge in [0.25, 0.3) is 5.91 Å². The van der Waals surface area contributed by atoms with Crippen LogP contribution < -0.4 is 5.32 Å². The van der Waals surface area contributed by atoms with Crippen molar-refractivity contribution in [2.75, 3.05) is 5.32 Å². The minimum atomic E-state index is -0.981. The monoisotopic (exact) mass is 392 g/mol. The van der Waals surface area contributed by atoms with Crippen LogP contribution in [0.5, 0.6) is 0 Å². The largest absolute Gasteiger partial charge is 0.449 e. The molecule has 0 aliphatic carbocycles. The molecule has 1 aromatic heterocycles. The summed E-state index contributed by atoms with van der Waals surface area (Å²) in [4.78, 5) is 37.1. The maximum Gasteiger partial charge on any atom is 0.338 e.